The van der Waals surface area contributed by atoms with Crippen LogP contribution < -0.4 is 10.9 Å². The Morgan fingerprint density at radius 3 is 2.67 bits per heavy atom. The summed E-state index contributed by atoms with van der Waals surface area (Å²) in [5, 5.41) is 13.7. The van der Waals surface area contributed by atoms with Gasteiger partial charge in [0.1, 0.15) is 11.2 Å². The Morgan fingerprint density at radius 2 is 1.86 bits per heavy atom. The van der Waals surface area contributed by atoms with Gasteiger partial charge in [-0.25, -0.2) is 23.7 Å². The highest BCUT2D eigenvalue weighted by atomic mass is 32.1. The Balaban J connectivity index is 1.39. The lowest BCUT2D eigenvalue weighted by atomic mass is 10.2. The molecule has 176 valence electrons. The van der Waals surface area contributed by atoms with Crippen molar-refractivity contribution < 1.29 is 9.18 Å². The van der Waals surface area contributed by atoms with Gasteiger partial charge in [-0.2, -0.15) is 5.10 Å². The standard InChI is InChI=1S/C24H15FN8O2S/c25-14-7-9-15(10-8-14)32-22(19-6-3-11-36-19)30-20(31-32)24(35)29-17-4-1-2-5-18(17)33-21-16(12-28-33)23(34)27-13-26-21/h1-13H,(H,29,35)(H,26,27,34). The molecule has 0 aliphatic carbocycles. The predicted molar refractivity (Wildman–Crippen MR) is 132 cm³/mol. The minimum absolute atomic E-state index is 0.0718. The summed E-state index contributed by atoms with van der Waals surface area (Å²) in [6, 6.07) is 16.5. The molecule has 0 radical (unpaired) electrons. The number of amides is 1. The summed E-state index contributed by atoms with van der Waals surface area (Å²) < 4.78 is 16.5. The average molecular weight is 499 g/mol. The minimum Gasteiger partial charge on any atom is -0.317 e. The van der Waals surface area contributed by atoms with Crippen molar-refractivity contribution in [2.75, 3.05) is 5.32 Å². The minimum atomic E-state index is -0.552. The van der Waals surface area contributed by atoms with Gasteiger partial charge < -0.3 is 10.3 Å². The number of thiophene rings is 1. The third-order valence-electron chi connectivity index (χ3n) is 5.37. The summed E-state index contributed by atoms with van der Waals surface area (Å²) in [6.45, 7) is 0. The molecule has 10 nitrogen and oxygen atoms in total. The number of anilines is 1. The van der Waals surface area contributed by atoms with Crippen LogP contribution in [0.1, 0.15) is 10.6 Å². The molecule has 36 heavy (non-hydrogen) atoms. The van der Waals surface area contributed by atoms with Crippen LogP contribution in [0.3, 0.4) is 0 Å². The van der Waals surface area contributed by atoms with E-state index in [1.165, 1.54) is 45.4 Å². The molecule has 1 amide bonds. The Hall–Kier alpha value is -4.97. The fourth-order valence-electron chi connectivity index (χ4n) is 3.71. The highest BCUT2D eigenvalue weighted by Gasteiger charge is 2.21. The van der Waals surface area contributed by atoms with Crippen LogP contribution >= 0.6 is 11.3 Å². The Kier molecular flexibility index (Phi) is 5.19. The summed E-state index contributed by atoms with van der Waals surface area (Å²) in [4.78, 5) is 37.4. The van der Waals surface area contributed by atoms with E-state index in [0.717, 1.165) is 4.88 Å². The van der Waals surface area contributed by atoms with Gasteiger partial charge in [-0.3, -0.25) is 9.59 Å². The third kappa shape index (κ3) is 3.75. The van der Waals surface area contributed by atoms with Crippen LogP contribution in [-0.4, -0.2) is 40.4 Å². The lowest BCUT2D eigenvalue weighted by Gasteiger charge is -2.10. The zero-order chi connectivity index (χ0) is 24.6. The number of aromatic nitrogens is 7. The van der Waals surface area contributed by atoms with E-state index in [4.69, 9.17) is 0 Å². The Morgan fingerprint density at radius 1 is 1.03 bits per heavy atom. The fourth-order valence-corrected chi connectivity index (χ4v) is 4.41. The lowest BCUT2D eigenvalue weighted by molar-refractivity contribution is 0.101. The van der Waals surface area contributed by atoms with Gasteiger partial charge in [0.05, 0.1) is 34.5 Å². The molecule has 0 unspecified atom stereocenters. The maximum absolute atomic E-state index is 13.5. The summed E-state index contributed by atoms with van der Waals surface area (Å²) in [6.07, 6.45) is 2.71. The van der Waals surface area contributed by atoms with E-state index in [1.807, 2.05) is 17.5 Å². The van der Waals surface area contributed by atoms with E-state index < -0.39 is 5.91 Å². The van der Waals surface area contributed by atoms with Crippen LogP contribution in [0.25, 0.3) is 33.1 Å². The predicted octanol–water partition coefficient (Wildman–Crippen LogP) is 3.81. The second-order valence-electron chi connectivity index (χ2n) is 7.62. The van der Waals surface area contributed by atoms with Crippen molar-refractivity contribution in [2.45, 2.75) is 0 Å². The zero-order valence-electron chi connectivity index (χ0n) is 18.3. The number of carbonyl (C=O) groups is 1. The number of H-pyrrole nitrogens is 1. The first-order valence-electron chi connectivity index (χ1n) is 10.7. The Labute approximate surface area is 205 Å². The second-order valence-corrected chi connectivity index (χ2v) is 8.57. The maximum atomic E-state index is 13.5. The molecule has 0 saturated heterocycles. The van der Waals surface area contributed by atoms with Crippen molar-refractivity contribution in [1.82, 2.24) is 34.5 Å². The number of carbonyl (C=O) groups excluding carboxylic acids is 1. The van der Waals surface area contributed by atoms with Crippen molar-refractivity contribution in [2.24, 2.45) is 0 Å². The SMILES string of the molecule is O=C(Nc1ccccc1-n1ncc2c(=O)[nH]cnc21)c1nc(-c2cccs2)n(-c2ccc(F)cc2)n1. The largest absolute Gasteiger partial charge is 0.317 e. The molecule has 4 aromatic heterocycles. The van der Waals surface area contributed by atoms with Crippen LogP contribution in [-0.2, 0) is 0 Å². The van der Waals surface area contributed by atoms with E-state index in [0.29, 0.717) is 33.9 Å². The first-order chi connectivity index (χ1) is 17.6. The van der Waals surface area contributed by atoms with Gasteiger partial charge in [0.15, 0.2) is 11.5 Å². The van der Waals surface area contributed by atoms with Crippen molar-refractivity contribution in [1.29, 1.82) is 0 Å². The highest BCUT2D eigenvalue weighted by Crippen LogP contribution is 2.27. The molecule has 6 aromatic rings. The molecule has 0 aliphatic heterocycles. The lowest BCUT2D eigenvalue weighted by Crippen LogP contribution is -2.16. The van der Waals surface area contributed by atoms with E-state index in [1.54, 1.807) is 36.4 Å². The molecular formula is C24H15FN8O2S. The average Bonchev–Trinajstić information content (AvgIpc) is 3.65. The van der Waals surface area contributed by atoms with Gasteiger partial charge in [-0.05, 0) is 47.8 Å². The monoisotopic (exact) mass is 498 g/mol. The van der Waals surface area contributed by atoms with Crippen LogP contribution in [0.2, 0.25) is 0 Å². The summed E-state index contributed by atoms with van der Waals surface area (Å²) >= 11 is 1.44. The van der Waals surface area contributed by atoms with E-state index in [2.05, 4.69) is 30.5 Å². The molecular weight excluding hydrogens is 483 g/mol. The number of aromatic amines is 1. The molecule has 0 spiro atoms. The summed E-state index contributed by atoms with van der Waals surface area (Å²) in [5.41, 5.74) is 1.52. The number of rotatable bonds is 5. The van der Waals surface area contributed by atoms with Crippen molar-refractivity contribution in [3.05, 3.63) is 101 Å². The van der Waals surface area contributed by atoms with Crippen LogP contribution in [0, 0.1) is 5.82 Å². The number of para-hydroxylation sites is 2. The number of hydrogen-bond acceptors (Lipinski definition) is 7. The molecule has 0 bridgehead atoms. The number of nitrogens with one attached hydrogen (secondary N) is 2. The molecule has 0 saturated carbocycles. The van der Waals surface area contributed by atoms with Crippen molar-refractivity contribution in [3.63, 3.8) is 0 Å². The van der Waals surface area contributed by atoms with Crippen LogP contribution in [0.5, 0.6) is 0 Å². The Bertz CT molecular complexity index is 1770. The highest BCUT2D eigenvalue weighted by molar-refractivity contribution is 7.13. The third-order valence-corrected chi connectivity index (χ3v) is 6.24. The zero-order valence-corrected chi connectivity index (χ0v) is 19.1. The number of halogens is 1. The summed E-state index contributed by atoms with van der Waals surface area (Å²) in [7, 11) is 0. The van der Waals surface area contributed by atoms with E-state index in [9.17, 15) is 14.0 Å². The normalized spacial score (nSPS) is 11.1. The van der Waals surface area contributed by atoms with E-state index >= 15 is 0 Å². The van der Waals surface area contributed by atoms with Crippen LogP contribution in [0.15, 0.2) is 83.4 Å². The molecule has 2 N–H and O–H groups in total. The number of nitrogens with zero attached hydrogens (tertiary/aromatic N) is 6. The first-order valence-corrected chi connectivity index (χ1v) is 11.6. The topological polar surface area (TPSA) is 123 Å². The van der Waals surface area contributed by atoms with Crippen LogP contribution in [0.4, 0.5) is 10.1 Å². The maximum Gasteiger partial charge on any atom is 0.295 e. The van der Waals surface area contributed by atoms with Crippen molar-refractivity contribution >= 4 is 34.0 Å². The quantitative estimate of drug-likeness (QED) is 0.373. The molecule has 0 fully saturated rings. The molecule has 0 atom stereocenters. The first kappa shape index (κ1) is 21.6. The fraction of sp³-hybridized carbons (Fsp3) is 0. The smallest absolute Gasteiger partial charge is 0.295 e. The van der Waals surface area contributed by atoms with Gasteiger partial charge in [0, 0.05) is 0 Å². The van der Waals surface area contributed by atoms with Gasteiger partial charge in [0.25, 0.3) is 11.5 Å². The molecule has 12 heteroatoms. The summed E-state index contributed by atoms with van der Waals surface area (Å²) in [5.74, 6) is -0.550. The van der Waals surface area contributed by atoms with Crippen molar-refractivity contribution in [3.8, 4) is 22.1 Å². The number of benzene rings is 2. The number of hydrogen-bond donors (Lipinski definition) is 2. The van der Waals surface area contributed by atoms with Gasteiger partial charge in [0.2, 0.25) is 5.82 Å². The molecule has 6 rings (SSSR count). The van der Waals surface area contributed by atoms with E-state index in [-0.39, 0.29) is 17.2 Å². The molecule has 2 aromatic carbocycles. The number of fused-ring (bicyclic) bond motifs is 1. The van der Waals surface area contributed by atoms with Gasteiger partial charge >= 0.3 is 0 Å². The second kappa shape index (κ2) is 8.67. The van der Waals surface area contributed by atoms with Gasteiger partial charge in [-0.15, -0.1) is 16.4 Å². The molecule has 0 aliphatic rings. The van der Waals surface area contributed by atoms with Gasteiger partial charge in [-0.1, -0.05) is 18.2 Å². The molecule has 4 heterocycles.